The molecule has 1 unspecified atom stereocenters. The van der Waals surface area contributed by atoms with Crippen LogP contribution in [-0.2, 0) is 23.8 Å². The van der Waals surface area contributed by atoms with Gasteiger partial charge in [-0.2, -0.15) is 8.78 Å². The summed E-state index contributed by atoms with van der Waals surface area (Å²) in [5.41, 5.74) is 2.18. The molecular formula is C36H40F2N2O5. The lowest BCUT2D eigenvalue weighted by Gasteiger charge is -2.25. The predicted octanol–water partition coefficient (Wildman–Crippen LogP) is 8.08. The number of nitro groups is 1. The normalized spacial score (nSPS) is 12.3. The first-order chi connectivity index (χ1) is 21.8. The van der Waals surface area contributed by atoms with Gasteiger partial charge < -0.3 is 14.6 Å². The second-order valence-corrected chi connectivity index (χ2v) is 11.0. The Morgan fingerprint density at radius 2 is 1.44 bits per heavy atom. The highest BCUT2D eigenvalue weighted by Crippen LogP contribution is 2.32. The number of benzene rings is 4. The van der Waals surface area contributed by atoms with E-state index in [2.05, 4.69) is 4.90 Å². The van der Waals surface area contributed by atoms with Gasteiger partial charge in [-0.05, 0) is 42.1 Å². The van der Waals surface area contributed by atoms with Crippen LogP contribution in [0.4, 0.5) is 14.5 Å². The smallest absolute Gasteiger partial charge is 0.311 e. The molecule has 1 N–H and O–H groups in total. The van der Waals surface area contributed by atoms with Crippen LogP contribution in [-0.4, -0.2) is 41.2 Å². The van der Waals surface area contributed by atoms with Crippen molar-refractivity contribution in [3.8, 4) is 5.75 Å². The van der Waals surface area contributed by atoms with Gasteiger partial charge >= 0.3 is 5.69 Å². The van der Waals surface area contributed by atoms with Crippen molar-refractivity contribution in [3.05, 3.63) is 142 Å². The molecule has 7 nitrogen and oxygen atoms in total. The van der Waals surface area contributed by atoms with Gasteiger partial charge in [0.25, 0.3) is 5.92 Å². The van der Waals surface area contributed by atoms with Crippen LogP contribution in [0.15, 0.2) is 109 Å². The second kappa shape index (κ2) is 17.3. The molecule has 0 aliphatic carbocycles. The van der Waals surface area contributed by atoms with Crippen molar-refractivity contribution >= 4 is 5.69 Å². The molecule has 4 rings (SSSR count). The quantitative estimate of drug-likeness (QED) is 0.0650. The second-order valence-electron chi connectivity index (χ2n) is 11.0. The van der Waals surface area contributed by atoms with Crippen LogP contribution < -0.4 is 4.74 Å². The lowest BCUT2D eigenvalue weighted by Crippen LogP contribution is -2.29. The minimum absolute atomic E-state index is 0.0485. The molecule has 0 radical (unpaired) electrons. The van der Waals surface area contributed by atoms with E-state index in [0.29, 0.717) is 25.1 Å². The lowest BCUT2D eigenvalue weighted by molar-refractivity contribution is -0.386. The Bertz CT molecular complexity index is 1440. The summed E-state index contributed by atoms with van der Waals surface area (Å²) in [7, 11) is 0. The first kappa shape index (κ1) is 33.7. The topological polar surface area (TPSA) is 85.1 Å². The number of unbranched alkanes of at least 4 members (excludes halogenated alkanes) is 3. The monoisotopic (exact) mass is 618 g/mol. The maximum atomic E-state index is 14.3. The van der Waals surface area contributed by atoms with Crippen LogP contribution in [0.3, 0.4) is 0 Å². The summed E-state index contributed by atoms with van der Waals surface area (Å²) in [6.07, 6.45) is 2.27. The molecule has 45 heavy (non-hydrogen) atoms. The Kier molecular flexibility index (Phi) is 13.0. The van der Waals surface area contributed by atoms with Crippen LogP contribution in [0.25, 0.3) is 0 Å². The molecule has 4 aromatic rings. The Hall–Kier alpha value is -4.18. The Morgan fingerprint density at radius 1 is 0.822 bits per heavy atom. The maximum Gasteiger partial charge on any atom is 0.311 e. The van der Waals surface area contributed by atoms with Crippen LogP contribution in [0.2, 0.25) is 0 Å². The summed E-state index contributed by atoms with van der Waals surface area (Å²) in [5.74, 6) is -2.87. The van der Waals surface area contributed by atoms with Gasteiger partial charge in [0.2, 0.25) is 0 Å². The van der Waals surface area contributed by atoms with Gasteiger partial charge in [0.05, 0.1) is 11.0 Å². The fraction of sp³-hybridized carbons (Fsp3) is 0.333. The number of ether oxygens (including phenoxy) is 2. The largest absolute Gasteiger partial charge is 0.482 e. The van der Waals surface area contributed by atoms with Crippen molar-refractivity contribution in [2.45, 2.75) is 50.9 Å². The van der Waals surface area contributed by atoms with Gasteiger partial charge in [-0.15, -0.1) is 0 Å². The molecule has 0 bridgehead atoms. The van der Waals surface area contributed by atoms with E-state index in [1.54, 1.807) is 30.3 Å². The molecule has 1 atom stereocenters. The van der Waals surface area contributed by atoms with Gasteiger partial charge in [0.15, 0.2) is 5.75 Å². The van der Waals surface area contributed by atoms with Crippen molar-refractivity contribution in [3.63, 3.8) is 0 Å². The Morgan fingerprint density at radius 3 is 2.11 bits per heavy atom. The summed E-state index contributed by atoms with van der Waals surface area (Å²) in [6.45, 7) is 1.40. The molecule has 0 saturated carbocycles. The summed E-state index contributed by atoms with van der Waals surface area (Å²) in [5, 5.41) is 23.0. The number of hydrogen-bond donors (Lipinski definition) is 1. The molecule has 0 spiro atoms. The van der Waals surface area contributed by atoms with Crippen molar-refractivity contribution in [1.29, 1.82) is 0 Å². The van der Waals surface area contributed by atoms with Crippen LogP contribution >= 0.6 is 0 Å². The van der Waals surface area contributed by atoms with E-state index in [-0.39, 0.29) is 36.8 Å². The number of halogens is 2. The summed E-state index contributed by atoms with van der Waals surface area (Å²) >= 11 is 0. The highest BCUT2D eigenvalue weighted by atomic mass is 19.3. The number of rotatable bonds is 19. The highest BCUT2D eigenvalue weighted by Gasteiger charge is 2.31. The predicted molar refractivity (Wildman–Crippen MR) is 170 cm³/mol. The maximum absolute atomic E-state index is 14.3. The minimum Gasteiger partial charge on any atom is -0.482 e. The SMILES string of the molecule is O=[N+]([O-])c1cc(C(O)CN(CCCCCCOCC(F)(F)c2ccccc2)Cc2ccccc2)ccc1OCc1ccccc1. The van der Waals surface area contributed by atoms with Gasteiger partial charge in [-0.1, -0.05) is 110 Å². The molecule has 238 valence electrons. The van der Waals surface area contributed by atoms with Crippen LogP contribution in [0.5, 0.6) is 5.75 Å². The number of aliphatic hydroxyl groups is 1. The number of alkyl halides is 2. The van der Waals surface area contributed by atoms with E-state index in [1.165, 1.54) is 18.2 Å². The average molecular weight is 619 g/mol. The molecule has 0 aliphatic heterocycles. The van der Waals surface area contributed by atoms with E-state index in [0.717, 1.165) is 30.4 Å². The lowest BCUT2D eigenvalue weighted by atomic mass is 10.1. The third-order valence-corrected chi connectivity index (χ3v) is 7.47. The first-order valence-corrected chi connectivity index (χ1v) is 15.2. The molecule has 0 fully saturated rings. The fourth-order valence-electron chi connectivity index (χ4n) is 5.03. The van der Waals surface area contributed by atoms with Crippen molar-refractivity contribution in [1.82, 2.24) is 4.90 Å². The van der Waals surface area contributed by atoms with E-state index >= 15 is 0 Å². The zero-order chi connectivity index (χ0) is 31.9. The van der Waals surface area contributed by atoms with E-state index < -0.39 is 23.6 Å². The highest BCUT2D eigenvalue weighted by molar-refractivity contribution is 5.49. The zero-order valence-corrected chi connectivity index (χ0v) is 25.3. The van der Waals surface area contributed by atoms with Crippen molar-refractivity contribution < 1.29 is 28.3 Å². The zero-order valence-electron chi connectivity index (χ0n) is 25.3. The third kappa shape index (κ3) is 11.0. The van der Waals surface area contributed by atoms with Crippen LogP contribution in [0, 0.1) is 10.1 Å². The molecule has 0 aliphatic rings. The summed E-state index contributed by atoms with van der Waals surface area (Å²) in [6, 6.07) is 31.6. The minimum atomic E-state index is -3.02. The van der Waals surface area contributed by atoms with Gasteiger partial charge in [-0.25, -0.2) is 0 Å². The van der Waals surface area contributed by atoms with E-state index in [9.17, 15) is 24.0 Å². The van der Waals surface area contributed by atoms with Gasteiger partial charge in [0.1, 0.15) is 13.2 Å². The molecule has 0 amide bonds. The summed E-state index contributed by atoms with van der Waals surface area (Å²) < 4.78 is 39.6. The third-order valence-electron chi connectivity index (χ3n) is 7.47. The fourth-order valence-corrected chi connectivity index (χ4v) is 5.03. The first-order valence-electron chi connectivity index (χ1n) is 15.2. The number of nitrogens with zero attached hydrogens (tertiary/aromatic N) is 2. The molecule has 0 heterocycles. The Labute approximate surface area is 263 Å². The average Bonchev–Trinajstić information content (AvgIpc) is 3.06. The number of hydrogen-bond acceptors (Lipinski definition) is 6. The number of aliphatic hydroxyl groups excluding tert-OH is 1. The molecule has 4 aromatic carbocycles. The number of nitro benzene ring substituents is 1. The van der Waals surface area contributed by atoms with Crippen LogP contribution in [0.1, 0.15) is 54.0 Å². The molecule has 9 heteroatoms. The molecule has 0 aromatic heterocycles. The molecule has 0 saturated heterocycles. The standard InChI is InChI=1S/C36H40F2N2O5/c37-36(38,32-18-10-5-11-19-32)28-44-23-13-2-1-12-22-39(25-29-14-6-3-7-15-29)26-34(41)31-20-21-35(33(24-31)40(42)43)45-27-30-16-8-4-9-17-30/h3-11,14-21,24,34,41H,1-2,12-13,22-23,25-28H2. The Balaban J connectivity index is 1.27. The van der Waals surface area contributed by atoms with Crippen molar-refractivity contribution in [2.24, 2.45) is 0 Å². The summed E-state index contributed by atoms with van der Waals surface area (Å²) in [4.78, 5) is 13.5. The van der Waals surface area contributed by atoms with Crippen molar-refractivity contribution in [2.75, 3.05) is 26.3 Å². The van der Waals surface area contributed by atoms with E-state index in [1.807, 2.05) is 60.7 Å². The van der Waals surface area contributed by atoms with Gasteiger partial charge in [-0.3, -0.25) is 15.0 Å². The van der Waals surface area contributed by atoms with E-state index in [4.69, 9.17) is 9.47 Å². The molecular weight excluding hydrogens is 578 g/mol. The van der Waals surface area contributed by atoms with Gasteiger partial charge in [0, 0.05) is 31.3 Å².